The Labute approximate surface area is 199 Å². The number of piperidine rings is 1. The van der Waals surface area contributed by atoms with E-state index < -0.39 is 0 Å². The first-order valence-corrected chi connectivity index (χ1v) is 11.5. The molecule has 9 heteroatoms. The van der Waals surface area contributed by atoms with Crippen molar-refractivity contribution in [2.45, 2.75) is 57.0 Å². The summed E-state index contributed by atoms with van der Waals surface area (Å²) in [7, 11) is 1.70. The van der Waals surface area contributed by atoms with Crippen LogP contribution < -0.4 is 16.0 Å². The van der Waals surface area contributed by atoms with Crippen molar-refractivity contribution in [3.63, 3.8) is 0 Å². The van der Waals surface area contributed by atoms with Gasteiger partial charge in [0, 0.05) is 51.5 Å². The van der Waals surface area contributed by atoms with Crippen molar-refractivity contribution >= 4 is 35.8 Å². The van der Waals surface area contributed by atoms with E-state index in [0.29, 0.717) is 12.6 Å². The van der Waals surface area contributed by atoms with Gasteiger partial charge in [-0.15, -0.1) is 24.0 Å². The van der Waals surface area contributed by atoms with Crippen molar-refractivity contribution in [2.24, 2.45) is 4.99 Å². The van der Waals surface area contributed by atoms with Crippen molar-refractivity contribution in [1.29, 1.82) is 0 Å². The molecule has 174 valence electrons. The van der Waals surface area contributed by atoms with E-state index in [4.69, 9.17) is 9.73 Å². The molecular formula is C21H41IN6O2. The highest BCUT2D eigenvalue weighted by atomic mass is 127. The summed E-state index contributed by atoms with van der Waals surface area (Å²) in [5.41, 5.74) is 0.161. The van der Waals surface area contributed by atoms with Crippen molar-refractivity contribution in [2.75, 3.05) is 66.1 Å². The number of nitrogens with one attached hydrogen (secondary N) is 3. The molecule has 3 aliphatic rings. The number of nitrogens with zero attached hydrogens (tertiary/aromatic N) is 3. The zero-order valence-corrected chi connectivity index (χ0v) is 21.1. The second-order valence-electron chi connectivity index (χ2n) is 8.59. The van der Waals surface area contributed by atoms with Crippen molar-refractivity contribution in [3.8, 4) is 0 Å². The number of carbonyl (C=O) groups is 1. The van der Waals surface area contributed by atoms with Crippen LogP contribution in [0.3, 0.4) is 0 Å². The van der Waals surface area contributed by atoms with Crippen LogP contribution in [0, 0.1) is 0 Å². The molecule has 3 heterocycles. The molecule has 0 saturated carbocycles. The SMILES string of the molecule is CCNC(=NCC1(N2CCCC2)CCOCC1)NC1CCN(CC(=O)NC)CC1.I. The van der Waals surface area contributed by atoms with Crippen LogP contribution in [-0.2, 0) is 9.53 Å². The number of carbonyl (C=O) groups excluding carboxylic acids is 1. The molecule has 3 fully saturated rings. The van der Waals surface area contributed by atoms with Crippen molar-refractivity contribution in [3.05, 3.63) is 0 Å². The van der Waals surface area contributed by atoms with E-state index in [9.17, 15) is 4.79 Å². The van der Waals surface area contributed by atoms with Gasteiger partial charge >= 0.3 is 0 Å². The lowest BCUT2D eigenvalue weighted by molar-refractivity contribution is -0.122. The van der Waals surface area contributed by atoms with Gasteiger partial charge in [0.25, 0.3) is 0 Å². The van der Waals surface area contributed by atoms with E-state index in [2.05, 4.69) is 32.7 Å². The fourth-order valence-electron chi connectivity index (χ4n) is 4.77. The summed E-state index contributed by atoms with van der Waals surface area (Å²) in [5.74, 6) is 1.03. The van der Waals surface area contributed by atoms with Gasteiger partial charge < -0.3 is 20.7 Å². The average Bonchev–Trinajstić information content (AvgIpc) is 3.30. The summed E-state index contributed by atoms with van der Waals surface area (Å²) < 4.78 is 5.67. The molecule has 30 heavy (non-hydrogen) atoms. The topological polar surface area (TPSA) is 81.2 Å². The van der Waals surface area contributed by atoms with Gasteiger partial charge in [0.2, 0.25) is 5.91 Å². The first-order valence-electron chi connectivity index (χ1n) is 11.5. The Kier molecular flexibility index (Phi) is 11.1. The van der Waals surface area contributed by atoms with Crippen LogP contribution in [0.4, 0.5) is 0 Å². The molecule has 0 aliphatic carbocycles. The number of aliphatic imine (C=N–C) groups is 1. The summed E-state index contributed by atoms with van der Waals surface area (Å²) in [6.07, 6.45) is 6.83. The summed E-state index contributed by atoms with van der Waals surface area (Å²) >= 11 is 0. The quantitative estimate of drug-likeness (QED) is 0.256. The molecule has 0 radical (unpaired) electrons. The predicted octanol–water partition coefficient (Wildman–Crippen LogP) is 1.01. The van der Waals surface area contributed by atoms with Crippen LogP contribution in [0.25, 0.3) is 0 Å². The maximum atomic E-state index is 11.6. The molecule has 1 amide bonds. The lowest BCUT2D eigenvalue weighted by Gasteiger charge is -2.43. The highest BCUT2D eigenvalue weighted by molar-refractivity contribution is 14.0. The van der Waals surface area contributed by atoms with Gasteiger partial charge in [-0.25, -0.2) is 0 Å². The average molecular weight is 537 g/mol. The Morgan fingerprint density at radius 2 is 1.80 bits per heavy atom. The van der Waals surface area contributed by atoms with E-state index >= 15 is 0 Å². The molecule has 0 aromatic heterocycles. The third-order valence-corrected chi connectivity index (χ3v) is 6.65. The molecule has 3 N–H and O–H groups in total. The van der Waals surface area contributed by atoms with Crippen LogP contribution in [0.15, 0.2) is 4.99 Å². The number of rotatable bonds is 7. The third kappa shape index (κ3) is 7.20. The first kappa shape index (κ1) is 25.6. The number of likely N-dealkylation sites (tertiary alicyclic amines) is 2. The zero-order chi connectivity index (χ0) is 20.5. The highest BCUT2D eigenvalue weighted by Crippen LogP contribution is 2.31. The maximum absolute atomic E-state index is 11.6. The molecule has 0 aromatic carbocycles. The number of guanidine groups is 1. The minimum Gasteiger partial charge on any atom is -0.381 e. The highest BCUT2D eigenvalue weighted by Gasteiger charge is 2.39. The summed E-state index contributed by atoms with van der Waals surface area (Å²) in [4.78, 5) is 21.5. The van der Waals surface area contributed by atoms with Crippen LogP contribution in [0.1, 0.15) is 45.4 Å². The van der Waals surface area contributed by atoms with Gasteiger partial charge in [-0.1, -0.05) is 0 Å². The van der Waals surface area contributed by atoms with E-state index in [1.807, 2.05) is 0 Å². The van der Waals surface area contributed by atoms with Crippen LogP contribution in [0.2, 0.25) is 0 Å². The molecular weight excluding hydrogens is 495 g/mol. The van der Waals surface area contributed by atoms with Gasteiger partial charge in [0.15, 0.2) is 5.96 Å². The molecule has 0 aromatic rings. The number of likely N-dealkylation sites (N-methyl/N-ethyl adjacent to an activating group) is 1. The number of ether oxygens (including phenoxy) is 1. The lowest BCUT2D eigenvalue weighted by atomic mass is 9.88. The lowest BCUT2D eigenvalue weighted by Crippen LogP contribution is -2.54. The molecule has 0 unspecified atom stereocenters. The third-order valence-electron chi connectivity index (χ3n) is 6.65. The fraction of sp³-hybridized carbons (Fsp3) is 0.905. The van der Waals surface area contributed by atoms with Gasteiger partial charge in [-0.3, -0.25) is 19.6 Å². The summed E-state index contributed by atoms with van der Waals surface area (Å²) in [6.45, 7) is 10.3. The number of hydrogen-bond donors (Lipinski definition) is 3. The van der Waals surface area contributed by atoms with E-state index in [-0.39, 0.29) is 35.4 Å². The maximum Gasteiger partial charge on any atom is 0.233 e. The second-order valence-corrected chi connectivity index (χ2v) is 8.59. The largest absolute Gasteiger partial charge is 0.381 e. The number of amides is 1. The molecule has 3 aliphatic heterocycles. The minimum absolute atomic E-state index is 0. The standard InChI is InChI=1S/C21H40N6O2.HI/c1-3-23-20(25-18-6-12-26(13-7-18)16-19(28)22-2)24-17-21(8-14-29-15-9-21)27-10-4-5-11-27;/h18H,3-17H2,1-2H3,(H,22,28)(H2,23,24,25);1H. The normalized spacial score (nSPS) is 23.6. The second kappa shape index (κ2) is 13.0. The molecule has 8 nitrogen and oxygen atoms in total. The smallest absolute Gasteiger partial charge is 0.233 e. The minimum atomic E-state index is 0. The first-order chi connectivity index (χ1) is 14.1. The molecule has 3 saturated heterocycles. The van der Waals surface area contributed by atoms with Gasteiger partial charge in [0.05, 0.1) is 13.1 Å². The molecule has 0 atom stereocenters. The van der Waals surface area contributed by atoms with Crippen LogP contribution in [-0.4, -0.2) is 99.3 Å². The number of halogens is 1. The van der Waals surface area contributed by atoms with Crippen LogP contribution in [0.5, 0.6) is 0 Å². The molecule has 0 bridgehead atoms. The van der Waals surface area contributed by atoms with Crippen LogP contribution >= 0.6 is 24.0 Å². The Morgan fingerprint density at radius 1 is 1.13 bits per heavy atom. The Morgan fingerprint density at radius 3 is 2.40 bits per heavy atom. The molecule has 0 spiro atoms. The Balaban J connectivity index is 0.00000320. The van der Waals surface area contributed by atoms with Gasteiger partial charge in [0.1, 0.15) is 0 Å². The fourth-order valence-corrected chi connectivity index (χ4v) is 4.77. The Bertz CT molecular complexity index is 542. The monoisotopic (exact) mass is 536 g/mol. The van der Waals surface area contributed by atoms with E-state index in [0.717, 1.165) is 71.0 Å². The molecule has 3 rings (SSSR count). The van der Waals surface area contributed by atoms with Crippen molar-refractivity contribution in [1.82, 2.24) is 25.8 Å². The van der Waals surface area contributed by atoms with Gasteiger partial charge in [-0.05, 0) is 58.5 Å². The Hall–Kier alpha value is -0.650. The van der Waals surface area contributed by atoms with E-state index in [1.165, 1.54) is 25.9 Å². The predicted molar refractivity (Wildman–Crippen MR) is 132 cm³/mol. The zero-order valence-electron chi connectivity index (χ0n) is 18.8. The number of hydrogen-bond acceptors (Lipinski definition) is 5. The van der Waals surface area contributed by atoms with E-state index in [1.54, 1.807) is 7.05 Å². The summed E-state index contributed by atoms with van der Waals surface area (Å²) in [6, 6.07) is 0.408. The summed E-state index contributed by atoms with van der Waals surface area (Å²) in [5, 5.41) is 9.80. The van der Waals surface area contributed by atoms with Gasteiger partial charge in [-0.2, -0.15) is 0 Å². The van der Waals surface area contributed by atoms with Crippen molar-refractivity contribution < 1.29 is 9.53 Å².